The standard InChI is InChI=1S/C29H28ClFN4O2S/c30-22-6-8-25-24(13-22)26(32-17-29(18-37-19-29)33-15-20-4-2-1-3-5-20)14-28(34-25)35-10-11-38(36)27-9-7-23(31)12-21(27)16-35/h1-9,12-14,33H,10-11,15-19H2,(H,32,34). The number of ether oxygens (including phenoxy) is 1. The van der Waals surface area contributed by atoms with Crippen molar-refractivity contribution in [1.82, 2.24) is 10.3 Å². The minimum Gasteiger partial charge on any atom is -0.382 e. The van der Waals surface area contributed by atoms with Gasteiger partial charge < -0.3 is 20.3 Å². The molecule has 2 N–H and O–H groups in total. The Bertz CT molecular complexity index is 1500. The first-order valence-electron chi connectivity index (χ1n) is 12.6. The van der Waals surface area contributed by atoms with Crippen LogP contribution in [0.5, 0.6) is 0 Å². The third kappa shape index (κ3) is 5.27. The number of nitrogens with zero attached hydrogens (tertiary/aromatic N) is 2. The molecule has 4 aromatic rings. The van der Waals surface area contributed by atoms with Crippen LogP contribution in [0.4, 0.5) is 15.9 Å². The summed E-state index contributed by atoms with van der Waals surface area (Å²) in [4.78, 5) is 7.67. The van der Waals surface area contributed by atoms with Crippen molar-refractivity contribution in [3.8, 4) is 0 Å². The molecule has 1 unspecified atom stereocenters. The highest BCUT2D eigenvalue weighted by molar-refractivity contribution is 7.85. The van der Waals surface area contributed by atoms with Gasteiger partial charge in [-0.1, -0.05) is 41.9 Å². The van der Waals surface area contributed by atoms with Gasteiger partial charge in [0, 0.05) is 59.0 Å². The van der Waals surface area contributed by atoms with Gasteiger partial charge in [-0.25, -0.2) is 9.37 Å². The lowest BCUT2D eigenvalue weighted by Crippen LogP contribution is -2.64. The van der Waals surface area contributed by atoms with E-state index in [0.717, 1.165) is 34.5 Å². The second kappa shape index (κ2) is 10.6. The highest BCUT2D eigenvalue weighted by Gasteiger charge is 2.38. The molecule has 0 saturated carbocycles. The number of benzene rings is 3. The molecule has 0 radical (unpaired) electrons. The van der Waals surface area contributed by atoms with Gasteiger partial charge in [-0.15, -0.1) is 0 Å². The zero-order chi connectivity index (χ0) is 26.1. The van der Waals surface area contributed by atoms with Gasteiger partial charge in [0.25, 0.3) is 0 Å². The van der Waals surface area contributed by atoms with Gasteiger partial charge in [-0.3, -0.25) is 4.21 Å². The lowest BCUT2D eigenvalue weighted by Gasteiger charge is -2.42. The molecular formula is C29H28ClFN4O2S. The van der Waals surface area contributed by atoms with Crippen LogP contribution in [0.25, 0.3) is 10.9 Å². The molecule has 196 valence electrons. The molecule has 1 aromatic heterocycles. The van der Waals surface area contributed by atoms with Crippen LogP contribution in [0.3, 0.4) is 0 Å². The van der Waals surface area contributed by atoms with E-state index in [1.54, 1.807) is 6.07 Å². The fourth-order valence-corrected chi connectivity index (χ4v) is 6.35. The first-order valence-corrected chi connectivity index (χ1v) is 14.3. The zero-order valence-electron chi connectivity index (χ0n) is 20.8. The molecule has 0 aliphatic carbocycles. The van der Waals surface area contributed by atoms with Crippen molar-refractivity contribution in [3.05, 3.63) is 94.8 Å². The summed E-state index contributed by atoms with van der Waals surface area (Å²) < 4.78 is 32.5. The maximum absolute atomic E-state index is 14.0. The van der Waals surface area contributed by atoms with Gasteiger partial charge >= 0.3 is 0 Å². The van der Waals surface area contributed by atoms with Crippen LogP contribution < -0.4 is 15.5 Å². The van der Waals surface area contributed by atoms with Crippen LogP contribution in [0, 0.1) is 5.82 Å². The highest BCUT2D eigenvalue weighted by Crippen LogP contribution is 2.32. The largest absolute Gasteiger partial charge is 0.382 e. The van der Waals surface area contributed by atoms with Crippen LogP contribution in [0.2, 0.25) is 5.02 Å². The van der Waals surface area contributed by atoms with E-state index in [0.29, 0.717) is 48.5 Å². The Morgan fingerprint density at radius 2 is 1.92 bits per heavy atom. The molecule has 9 heteroatoms. The molecule has 2 aliphatic rings. The summed E-state index contributed by atoms with van der Waals surface area (Å²) in [6.07, 6.45) is 0. The normalized spacial score (nSPS) is 18.5. The first kappa shape index (κ1) is 25.2. The minimum atomic E-state index is -1.19. The molecule has 6 rings (SSSR count). The Labute approximate surface area is 228 Å². The van der Waals surface area contributed by atoms with Crippen molar-refractivity contribution in [3.63, 3.8) is 0 Å². The Hall–Kier alpha value is -3.04. The monoisotopic (exact) mass is 550 g/mol. The Morgan fingerprint density at radius 3 is 2.71 bits per heavy atom. The van der Waals surface area contributed by atoms with E-state index in [1.807, 2.05) is 42.5 Å². The smallest absolute Gasteiger partial charge is 0.131 e. The van der Waals surface area contributed by atoms with Gasteiger partial charge in [-0.2, -0.15) is 0 Å². The summed E-state index contributed by atoms with van der Waals surface area (Å²) in [5, 5.41) is 8.87. The predicted octanol–water partition coefficient (Wildman–Crippen LogP) is 5.13. The number of pyridine rings is 1. The van der Waals surface area contributed by atoms with E-state index < -0.39 is 10.8 Å². The van der Waals surface area contributed by atoms with Gasteiger partial charge in [0.2, 0.25) is 0 Å². The average Bonchev–Trinajstić information content (AvgIpc) is 3.06. The molecule has 0 amide bonds. The van der Waals surface area contributed by atoms with E-state index in [-0.39, 0.29) is 11.4 Å². The van der Waals surface area contributed by atoms with Crippen LogP contribution in [-0.2, 0) is 28.6 Å². The number of halogens is 2. The fourth-order valence-electron chi connectivity index (χ4n) is 4.93. The van der Waals surface area contributed by atoms with Gasteiger partial charge in [-0.05, 0) is 47.5 Å². The van der Waals surface area contributed by atoms with E-state index in [4.69, 9.17) is 21.3 Å². The summed E-state index contributed by atoms with van der Waals surface area (Å²) in [5.74, 6) is 0.862. The van der Waals surface area contributed by atoms with Crippen molar-refractivity contribution in [2.75, 3.05) is 42.3 Å². The molecule has 2 aliphatic heterocycles. The fraction of sp³-hybridized carbons (Fsp3) is 0.276. The third-order valence-corrected chi connectivity index (χ3v) is 8.82. The van der Waals surface area contributed by atoms with Crippen LogP contribution >= 0.6 is 11.6 Å². The maximum Gasteiger partial charge on any atom is 0.131 e. The summed E-state index contributed by atoms with van der Waals surface area (Å²) in [6.45, 7) is 3.61. The number of hydrogen-bond acceptors (Lipinski definition) is 6. The van der Waals surface area contributed by atoms with Crippen molar-refractivity contribution in [2.45, 2.75) is 23.5 Å². The Morgan fingerprint density at radius 1 is 1.08 bits per heavy atom. The summed E-state index contributed by atoms with van der Waals surface area (Å²) in [5.41, 5.74) is 3.46. The molecule has 0 bridgehead atoms. The lowest BCUT2D eigenvalue weighted by atomic mass is 9.96. The van der Waals surface area contributed by atoms with Crippen molar-refractivity contribution >= 4 is 44.8 Å². The molecule has 38 heavy (non-hydrogen) atoms. The molecule has 1 saturated heterocycles. The highest BCUT2D eigenvalue weighted by atomic mass is 35.5. The Balaban J connectivity index is 1.29. The Kier molecular flexibility index (Phi) is 7.05. The lowest BCUT2D eigenvalue weighted by molar-refractivity contribution is -0.0678. The van der Waals surface area contributed by atoms with Crippen molar-refractivity contribution in [1.29, 1.82) is 0 Å². The van der Waals surface area contributed by atoms with Crippen molar-refractivity contribution < 1.29 is 13.3 Å². The predicted molar refractivity (Wildman–Crippen MR) is 151 cm³/mol. The zero-order valence-corrected chi connectivity index (χ0v) is 22.3. The summed E-state index contributed by atoms with van der Waals surface area (Å²) in [6, 6.07) is 22.5. The number of rotatable bonds is 7. The molecule has 1 fully saturated rings. The van der Waals surface area contributed by atoms with Gasteiger partial charge in [0.15, 0.2) is 0 Å². The maximum atomic E-state index is 14.0. The minimum absolute atomic E-state index is 0.194. The summed E-state index contributed by atoms with van der Waals surface area (Å²) in [7, 11) is -1.19. The number of anilines is 2. The molecule has 6 nitrogen and oxygen atoms in total. The second-order valence-corrected chi connectivity index (χ2v) is 11.9. The molecule has 3 heterocycles. The second-order valence-electron chi connectivity index (χ2n) is 9.88. The molecular weight excluding hydrogens is 523 g/mol. The summed E-state index contributed by atoms with van der Waals surface area (Å²) >= 11 is 6.37. The van der Waals surface area contributed by atoms with E-state index in [9.17, 15) is 8.60 Å². The number of fused-ring (bicyclic) bond motifs is 2. The van der Waals surface area contributed by atoms with Crippen molar-refractivity contribution in [2.24, 2.45) is 0 Å². The van der Waals surface area contributed by atoms with Gasteiger partial charge in [0.1, 0.15) is 11.6 Å². The number of nitrogens with one attached hydrogen (secondary N) is 2. The van der Waals surface area contributed by atoms with Crippen LogP contribution in [-0.4, -0.2) is 46.8 Å². The van der Waals surface area contributed by atoms with E-state index >= 15 is 0 Å². The SMILES string of the molecule is O=S1CCN(c2cc(NCC3(NCc4ccccc4)COC3)c3cc(Cl)ccc3n2)Cc2cc(F)ccc21. The topological polar surface area (TPSA) is 66.5 Å². The van der Waals surface area contributed by atoms with E-state index in [1.165, 1.54) is 17.7 Å². The van der Waals surface area contributed by atoms with E-state index in [2.05, 4.69) is 27.7 Å². The third-order valence-electron chi connectivity index (χ3n) is 7.14. The van der Waals surface area contributed by atoms with Crippen LogP contribution in [0.1, 0.15) is 11.1 Å². The first-order chi connectivity index (χ1) is 18.5. The number of aromatic nitrogens is 1. The molecule has 0 spiro atoms. The average molecular weight is 551 g/mol. The quantitative estimate of drug-likeness (QED) is 0.333. The molecule has 1 atom stereocenters. The van der Waals surface area contributed by atoms with Crippen LogP contribution in [0.15, 0.2) is 77.7 Å². The van der Waals surface area contributed by atoms with Gasteiger partial charge in [0.05, 0.1) is 35.1 Å². The molecule has 3 aromatic carbocycles. The number of hydrogen-bond donors (Lipinski definition) is 2.